The molecular weight excluding hydrogens is 302 g/mol. The predicted molar refractivity (Wildman–Crippen MR) is 95.9 cm³/mol. The van der Waals surface area contributed by atoms with Gasteiger partial charge in [-0.2, -0.15) is 10.5 Å². The predicted octanol–water partition coefficient (Wildman–Crippen LogP) is 2.84. The maximum absolute atomic E-state index is 11.3. The Morgan fingerprint density at radius 1 is 1.17 bits per heavy atom. The Labute approximate surface area is 142 Å². The first-order valence-electron chi connectivity index (χ1n) is 7.57. The van der Waals surface area contributed by atoms with Crippen LogP contribution >= 0.6 is 0 Å². The van der Waals surface area contributed by atoms with Crippen molar-refractivity contribution in [2.24, 2.45) is 0 Å². The molecule has 0 aliphatic carbocycles. The Kier molecular flexibility index (Phi) is 5.37. The van der Waals surface area contributed by atoms with E-state index in [9.17, 15) is 15.7 Å². The maximum atomic E-state index is 11.3. The van der Waals surface area contributed by atoms with Gasteiger partial charge in [-0.3, -0.25) is 0 Å². The molecule has 0 radical (unpaired) electrons. The topological polar surface area (TPSA) is 74.8 Å². The average molecular weight is 323 g/mol. The van der Waals surface area contributed by atoms with Crippen LogP contribution in [0.4, 0.5) is 11.4 Å². The second kappa shape index (κ2) is 7.28. The van der Waals surface area contributed by atoms with Gasteiger partial charge < -0.3 is 10.1 Å². The highest BCUT2D eigenvalue weighted by Crippen LogP contribution is 2.25. The van der Waals surface area contributed by atoms with Crippen LogP contribution in [0.1, 0.15) is 22.3 Å². The van der Waals surface area contributed by atoms with Crippen LogP contribution in [0.2, 0.25) is 0 Å². The van der Waals surface area contributed by atoms with E-state index in [4.69, 9.17) is 0 Å². The number of anilines is 1. The van der Waals surface area contributed by atoms with Gasteiger partial charge in [0.1, 0.15) is 0 Å². The number of nitriles is 1. The van der Waals surface area contributed by atoms with Crippen molar-refractivity contribution in [3.8, 4) is 6.07 Å². The first-order chi connectivity index (χ1) is 11.3. The molecule has 0 saturated heterocycles. The van der Waals surface area contributed by atoms with Gasteiger partial charge in [-0.15, -0.1) is 0 Å². The first-order valence-corrected chi connectivity index (χ1v) is 7.57. The molecule has 124 valence electrons. The van der Waals surface area contributed by atoms with Gasteiger partial charge in [0.2, 0.25) is 0 Å². The molecule has 0 aliphatic rings. The lowest BCUT2D eigenvalue weighted by molar-refractivity contribution is -0.991. The molecule has 5 heteroatoms. The fourth-order valence-electron chi connectivity index (χ4n) is 2.67. The van der Waals surface area contributed by atoms with Crippen molar-refractivity contribution in [2.75, 3.05) is 19.0 Å². The minimum absolute atomic E-state index is 0.298. The summed E-state index contributed by atoms with van der Waals surface area (Å²) in [6.45, 7) is 3.50. The van der Waals surface area contributed by atoms with Crippen LogP contribution < -0.4 is 10.1 Å². The van der Waals surface area contributed by atoms with Gasteiger partial charge in [-0.25, -0.2) is 5.21 Å². The molecule has 0 fully saturated rings. The summed E-state index contributed by atoms with van der Waals surface area (Å²) < 4.78 is 0. The van der Waals surface area contributed by atoms with E-state index >= 15 is 0 Å². The second-order valence-electron chi connectivity index (χ2n) is 5.95. The highest BCUT2D eigenvalue weighted by Gasteiger charge is 2.13. The third-order valence-electron chi connectivity index (χ3n) is 3.90. The zero-order valence-electron chi connectivity index (χ0n) is 14.3. The molecule has 0 spiro atoms. The van der Waals surface area contributed by atoms with Crippen LogP contribution in [-0.4, -0.2) is 19.3 Å². The summed E-state index contributed by atoms with van der Waals surface area (Å²) in [6.07, 6.45) is 1.81. The molecule has 2 N–H and O–H groups in total. The first kappa shape index (κ1) is 17.7. The maximum Gasteiger partial charge on any atom is 0.169 e. The number of nitrogens with one attached hydrogen (secondary N) is 1. The number of nitrogens with zero attached hydrogens (tertiary/aromatic N) is 2. The summed E-state index contributed by atoms with van der Waals surface area (Å²) in [4.78, 5) is 2.01. The SMILES string of the molecule is Cc1cc(/C(C#N)=C\c2ccc(N(C)C)cc2)cc(C)c1[NH+]([O-])O. The summed E-state index contributed by atoms with van der Waals surface area (Å²) >= 11 is 0. The molecule has 0 heterocycles. The van der Waals surface area contributed by atoms with E-state index in [1.54, 1.807) is 26.0 Å². The van der Waals surface area contributed by atoms with E-state index in [0.29, 0.717) is 22.4 Å². The Morgan fingerprint density at radius 3 is 2.12 bits per heavy atom. The summed E-state index contributed by atoms with van der Waals surface area (Å²) in [7, 11) is 3.95. The van der Waals surface area contributed by atoms with Crippen LogP contribution in [-0.2, 0) is 0 Å². The highest BCUT2D eigenvalue weighted by atomic mass is 16.8. The standard InChI is InChI=1S/C19H21N3O2/c1-13-9-16(10-14(2)19(13)22(23)24)17(12-20)11-15-5-7-18(8-6-15)21(3)4/h5-11,22-23H,1-4H3/b17-11-. The van der Waals surface area contributed by atoms with Gasteiger partial charge in [0.15, 0.2) is 5.69 Å². The third-order valence-corrected chi connectivity index (χ3v) is 3.90. The number of hydrogen-bond donors (Lipinski definition) is 2. The summed E-state index contributed by atoms with van der Waals surface area (Å²) in [5.41, 5.74) is 4.86. The molecular formula is C19H21N3O2. The molecule has 1 unspecified atom stereocenters. The Morgan fingerprint density at radius 2 is 1.71 bits per heavy atom. The molecule has 0 aromatic heterocycles. The molecule has 0 bridgehead atoms. The van der Waals surface area contributed by atoms with E-state index in [1.807, 2.05) is 49.3 Å². The lowest BCUT2D eigenvalue weighted by atomic mass is 9.98. The Balaban J connectivity index is 2.43. The Hall–Kier alpha value is -2.65. The van der Waals surface area contributed by atoms with E-state index in [-0.39, 0.29) is 0 Å². The minimum Gasteiger partial charge on any atom is -0.595 e. The molecule has 2 aromatic rings. The minimum atomic E-state index is -0.946. The zero-order valence-corrected chi connectivity index (χ0v) is 14.3. The van der Waals surface area contributed by atoms with Crippen molar-refractivity contribution in [1.82, 2.24) is 0 Å². The zero-order chi connectivity index (χ0) is 17.9. The van der Waals surface area contributed by atoms with Crippen LogP contribution in [0.5, 0.6) is 0 Å². The molecule has 2 rings (SSSR count). The number of allylic oxidation sites excluding steroid dienone is 1. The molecule has 2 aromatic carbocycles. The van der Waals surface area contributed by atoms with Crippen LogP contribution in [0.3, 0.4) is 0 Å². The number of rotatable bonds is 4. The van der Waals surface area contributed by atoms with Crippen molar-refractivity contribution in [3.63, 3.8) is 0 Å². The lowest BCUT2D eigenvalue weighted by Gasteiger charge is -2.17. The van der Waals surface area contributed by atoms with Gasteiger partial charge in [-0.05, 0) is 55.3 Å². The highest BCUT2D eigenvalue weighted by molar-refractivity contribution is 5.90. The van der Waals surface area contributed by atoms with E-state index in [1.165, 1.54) is 0 Å². The molecule has 0 saturated carbocycles. The number of benzene rings is 2. The van der Waals surface area contributed by atoms with Crippen LogP contribution in [0.25, 0.3) is 11.6 Å². The summed E-state index contributed by atoms with van der Waals surface area (Å²) in [5, 5.41) is 29.1. The second-order valence-corrected chi connectivity index (χ2v) is 5.95. The number of quaternary nitrogens is 1. The molecule has 0 amide bonds. The van der Waals surface area contributed by atoms with Crippen molar-refractivity contribution in [1.29, 1.82) is 5.26 Å². The van der Waals surface area contributed by atoms with E-state index in [0.717, 1.165) is 16.8 Å². The quantitative estimate of drug-likeness (QED) is 0.515. The normalized spacial score (nSPS) is 12.6. The van der Waals surface area contributed by atoms with Crippen LogP contribution in [0, 0.1) is 30.4 Å². The molecule has 5 nitrogen and oxygen atoms in total. The van der Waals surface area contributed by atoms with Crippen molar-refractivity contribution < 1.29 is 10.4 Å². The van der Waals surface area contributed by atoms with Gasteiger partial charge in [0, 0.05) is 30.9 Å². The van der Waals surface area contributed by atoms with Crippen molar-refractivity contribution in [3.05, 3.63) is 63.9 Å². The van der Waals surface area contributed by atoms with Crippen molar-refractivity contribution in [2.45, 2.75) is 13.8 Å². The largest absolute Gasteiger partial charge is 0.595 e. The van der Waals surface area contributed by atoms with Crippen LogP contribution in [0.15, 0.2) is 36.4 Å². The summed E-state index contributed by atoms with van der Waals surface area (Å²) in [5.74, 6) is 0. The average Bonchev–Trinajstić information content (AvgIpc) is 2.51. The monoisotopic (exact) mass is 323 g/mol. The van der Waals surface area contributed by atoms with E-state index in [2.05, 4.69) is 6.07 Å². The van der Waals surface area contributed by atoms with E-state index < -0.39 is 5.23 Å². The summed E-state index contributed by atoms with van der Waals surface area (Å²) in [6, 6.07) is 13.6. The molecule has 1 atom stereocenters. The fourth-order valence-corrected chi connectivity index (χ4v) is 2.67. The number of hydrogen-bond acceptors (Lipinski definition) is 4. The van der Waals surface area contributed by atoms with Gasteiger partial charge in [-0.1, -0.05) is 12.1 Å². The Bertz CT molecular complexity index is 777. The van der Waals surface area contributed by atoms with Gasteiger partial charge in [0.25, 0.3) is 0 Å². The smallest absolute Gasteiger partial charge is 0.169 e. The third kappa shape index (κ3) is 3.81. The number of aryl methyl sites for hydroxylation is 2. The molecule has 0 aliphatic heterocycles. The fraction of sp³-hybridized carbons (Fsp3) is 0.211. The lowest BCUT2D eigenvalue weighted by Crippen LogP contribution is -2.99. The van der Waals surface area contributed by atoms with Gasteiger partial charge in [0.05, 0.1) is 11.6 Å². The van der Waals surface area contributed by atoms with Crippen molar-refractivity contribution >= 4 is 23.0 Å². The molecule has 24 heavy (non-hydrogen) atoms. The van der Waals surface area contributed by atoms with Gasteiger partial charge >= 0.3 is 0 Å².